The maximum Gasteiger partial charge on any atom is 0.166 e. The highest BCUT2D eigenvalue weighted by Crippen LogP contribution is 2.31. The van der Waals surface area contributed by atoms with E-state index < -0.39 is 11.6 Å². The largest absolute Gasteiger partial charge is 0.505 e. The Kier molecular flexibility index (Phi) is 7.49. The fourth-order valence-corrected chi connectivity index (χ4v) is 3.23. The van der Waals surface area contributed by atoms with Crippen molar-refractivity contribution in [1.29, 1.82) is 0 Å². The average Bonchev–Trinajstić information content (AvgIpc) is 2.87. The molecule has 0 unspecified atom stereocenters. The Morgan fingerprint density at radius 2 is 1.86 bits per heavy atom. The van der Waals surface area contributed by atoms with Crippen molar-refractivity contribution in [1.82, 2.24) is 4.98 Å². The van der Waals surface area contributed by atoms with Crippen molar-refractivity contribution in [3.8, 4) is 23.0 Å². The van der Waals surface area contributed by atoms with Crippen LogP contribution >= 0.6 is 0 Å². The Hall–Kier alpha value is -4.50. The second-order valence-corrected chi connectivity index (χ2v) is 7.35. The molecule has 35 heavy (non-hydrogen) atoms. The topological polar surface area (TPSA) is 112 Å². The minimum Gasteiger partial charge on any atom is -0.505 e. The second kappa shape index (κ2) is 11.1. The molecule has 4 aromatic rings. The number of fused-ring (bicyclic) bond motifs is 1. The van der Waals surface area contributed by atoms with E-state index in [1.165, 1.54) is 18.3 Å². The van der Waals surface area contributed by atoms with Crippen LogP contribution < -0.4 is 15.3 Å². The average molecular weight is 474 g/mol. The molecule has 0 spiro atoms. The molecule has 0 bridgehead atoms. The van der Waals surface area contributed by atoms with Crippen LogP contribution in [-0.2, 0) is 4.74 Å². The Labute approximate surface area is 201 Å². The van der Waals surface area contributed by atoms with E-state index in [-0.39, 0.29) is 0 Å². The van der Waals surface area contributed by atoms with E-state index in [4.69, 9.17) is 20.1 Å². The number of phenolic OH excluding ortho intramolecular Hbond substituents is 1. The molecule has 0 radical (unpaired) electrons. The predicted molar refractivity (Wildman–Crippen MR) is 133 cm³/mol. The van der Waals surface area contributed by atoms with Gasteiger partial charge in [0.25, 0.3) is 0 Å². The lowest BCUT2D eigenvalue weighted by atomic mass is 10.1. The Morgan fingerprint density at radius 1 is 1.03 bits per heavy atom. The summed E-state index contributed by atoms with van der Waals surface area (Å²) in [4.78, 5) is 8.80. The van der Waals surface area contributed by atoms with Gasteiger partial charge in [0.15, 0.2) is 11.6 Å². The van der Waals surface area contributed by atoms with Gasteiger partial charge in [0, 0.05) is 24.6 Å². The summed E-state index contributed by atoms with van der Waals surface area (Å²) < 4.78 is 30.3. The van der Waals surface area contributed by atoms with E-state index >= 15 is 0 Å². The minimum atomic E-state index is -0.769. The SMILES string of the molecule is COCCOc1cccc(Oc2cccc3nc(C(C=Nc4ccc(O)c(F)c4)=NN)ccc23)c1. The van der Waals surface area contributed by atoms with Gasteiger partial charge in [-0.25, -0.2) is 9.37 Å². The number of aromatic hydroxyl groups is 1. The zero-order chi connectivity index (χ0) is 24.6. The normalized spacial score (nSPS) is 11.8. The molecule has 1 aromatic heterocycles. The summed E-state index contributed by atoms with van der Waals surface area (Å²) >= 11 is 0. The van der Waals surface area contributed by atoms with Crippen molar-refractivity contribution in [3.63, 3.8) is 0 Å². The Morgan fingerprint density at radius 3 is 2.66 bits per heavy atom. The third-order valence-corrected chi connectivity index (χ3v) is 4.95. The monoisotopic (exact) mass is 474 g/mol. The molecule has 3 aromatic carbocycles. The molecular formula is C26H23FN4O4. The molecule has 0 aliphatic rings. The third kappa shape index (κ3) is 5.90. The maximum absolute atomic E-state index is 13.6. The van der Waals surface area contributed by atoms with Crippen molar-refractivity contribution < 1.29 is 23.7 Å². The number of aromatic nitrogens is 1. The lowest BCUT2D eigenvalue weighted by Crippen LogP contribution is -2.08. The van der Waals surface area contributed by atoms with Crippen molar-refractivity contribution >= 4 is 28.5 Å². The van der Waals surface area contributed by atoms with E-state index in [1.54, 1.807) is 19.2 Å². The summed E-state index contributed by atoms with van der Waals surface area (Å²) in [6.07, 6.45) is 1.38. The first kappa shape index (κ1) is 23.7. The van der Waals surface area contributed by atoms with Crippen LogP contribution in [0.25, 0.3) is 10.9 Å². The maximum atomic E-state index is 13.6. The van der Waals surface area contributed by atoms with Crippen LogP contribution in [-0.4, -0.2) is 42.3 Å². The number of nitrogens with two attached hydrogens (primary N) is 1. The smallest absolute Gasteiger partial charge is 0.166 e. The molecule has 9 heteroatoms. The molecule has 0 fully saturated rings. The van der Waals surface area contributed by atoms with Crippen molar-refractivity contribution in [3.05, 3.63) is 84.3 Å². The summed E-state index contributed by atoms with van der Waals surface area (Å²) in [5.41, 5.74) is 1.74. The number of nitrogens with zero attached hydrogens (tertiary/aromatic N) is 3. The quantitative estimate of drug-likeness (QED) is 0.153. The summed E-state index contributed by atoms with van der Waals surface area (Å²) in [7, 11) is 1.62. The van der Waals surface area contributed by atoms with Crippen LogP contribution in [0.4, 0.5) is 10.1 Å². The number of methoxy groups -OCH3 is 1. The molecule has 178 valence electrons. The number of rotatable bonds is 9. The van der Waals surface area contributed by atoms with Gasteiger partial charge in [0.05, 0.1) is 29.7 Å². The third-order valence-electron chi connectivity index (χ3n) is 4.95. The molecule has 8 nitrogen and oxygen atoms in total. The lowest BCUT2D eigenvalue weighted by Gasteiger charge is -2.11. The molecule has 0 saturated carbocycles. The minimum absolute atomic E-state index is 0.298. The van der Waals surface area contributed by atoms with E-state index in [2.05, 4.69) is 15.1 Å². The first-order valence-corrected chi connectivity index (χ1v) is 10.7. The van der Waals surface area contributed by atoms with Gasteiger partial charge in [-0.1, -0.05) is 12.1 Å². The van der Waals surface area contributed by atoms with Crippen molar-refractivity contribution in [2.75, 3.05) is 20.3 Å². The highest BCUT2D eigenvalue weighted by Gasteiger charge is 2.10. The van der Waals surface area contributed by atoms with Crippen molar-refractivity contribution in [2.45, 2.75) is 0 Å². The zero-order valence-corrected chi connectivity index (χ0v) is 18.9. The predicted octanol–water partition coefficient (Wildman–Crippen LogP) is 4.96. The summed E-state index contributed by atoms with van der Waals surface area (Å²) in [5.74, 6) is 6.26. The number of benzene rings is 3. The van der Waals surface area contributed by atoms with Gasteiger partial charge in [-0.05, 0) is 48.5 Å². The van der Waals surface area contributed by atoms with Crippen molar-refractivity contribution in [2.24, 2.45) is 15.9 Å². The molecule has 3 N–H and O–H groups in total. The number of aliphatic imine (C=N–C) groups is 1. The first-order chi connectivity index (χ1) is 17.1. The second-order valence-electron chi connectivity index (χ2n) is 7.35. The molecule has 0 saturated heterocycles. The Bertz CT molecular complexity index is 1390. The van der Waals surface area contributed by atoms with Gasteiger partial charge in [0.2, 0.25) is 0 Å². The fraction of sp³-hybridized carbons (Fsp3) is 0.115. The van der Waals surface area contributed by atoms with E-state index in [0.717, 1.165) is 11.5 Å². The molecule has 0 aliphatic carbocycles. The highest BCUT2D eigenvalue weighted by atomic mass is 19.1. The highest BCUT2D eigenvalue weighted by molar-refractivity contribution is 6.38. The van der Waals surface area contributed by atoms with Gasteiger partial charge in [-0.3, -0.25) is 4.99 Å². The van der Waals surface area contributed by atoms with E-state index in [1.807, 2.05) is 42.5 Å². The van der Waals surface area contributed by atoms with E-state index in [0.29, 0.717) is 53.1 Å². The van der Waals surface area contributed by atoms with Gasteiger partial charge in [0.1, 0.15) is 29.6 Å². The summed E-state index contributed by atoms with van der Waals surface area (Å²) in [6, 6.07) is 20.3. The standard InChI is InChI=1S/C26H23FN4O4/c1-33-12-13-34-18-4-2-5-19(15-18)35-26-7-3-6-22-20(26)9-10-23(30-22)24(31-28)16-29-17-8-11-25(32)21(27)14-17/h2-11,14-16,32H,12-13,28H2,1H3. The number of hydrazone groups is 1. The summed E-state index contributed by atoms with van der Waals surface area (Å²) in [5, 5.41) is 13.9. The molecule has 0 atom stereocenters. The number of phenols is 1. The molecule has 4 rings (SSSR count). The van der Waals surface area contributed by atoms with E-state index in [9.17, 15) is 9.50 Å². The zero-order valence-electron chi connectivity index (χ0n) is 18.9. The van der Waals surface area contributed by atoms with Crippen LogP contribution in [0.2, 0.25) is 0 Å². The number of hydrogen-bond donors (Lipinski definition) is 2. The van der Waals surface area contributed by atoms with Crippen LogP contribution in [0.1, 0.15) is 5.69 Å². The van der Waals surface area contributed by atoms with Gasteiger partial charge < -0.3 is 25.2 Å². The molecule has 1 heterocycles. The lowest BCUT2D eigenvalue weighted by molar-refractivity contribution is 0.146. The van der Waals surface area contributed by atoms with Gasteiger partial charge >= 0.3 is 0 Å². The summed E-state index contributed by atoms with van der Waals surface area (Å²) in [6.45, 7) is 0.934. The van der Waals surface area contributed by atoms with Crippen LogP contribution in [0, 0.1) is 5.82 Å². The van der Waals surface area contributed by atoms with Crippen LogP contribution in [0.3, 0.4) is 0 Å². The Balaban J connectivity index is 1.56. The van der Waals surface area contributed by atoms with Crippen LogP contribution in [0.15, 0.2) is 82.9 Å². The molecule has 0 amide bonds. The number of hydrogen-bond acceptors (Lipinski definition) is 8. The molecule has 0 aliphatic heterocycles. The number of halogens is 1. The van der Waals surface area contributed by atoms with Gasteiger partial charge in [-0.2, -0.15) is 5.10 Å². The van der Waals surface area contributed by atoms with Crippen LogP contribution in [0.5, 0.6) is 23.0 Å². The number of pyridine rings is 1. The van der Waals surface area contributed by atoms with Gasteiger partial charge in [-0.15, -0.1) is 0 Å². The fourth-order valence-electron chi connectivity index (χ4n) is 3.23. The first-order valence-electron chi connectivity index (χ1n) is 10.7. The number of ether oxygens (including phenoxy) is 3. The molecular weight excluding hydrogens is 451 g/mol.